The summed E-state index contributed by atoms with van der Waals surface area (Å²) in [5, 5.41) is 0. The quantitative estimate of drug-likeness (QED) is 0.848. The zero-order valence-corrected chi connectivity index (χ0v) is 12.6. The van der Waals surface area contributed by atoms with Crippen LogP contribution < -0.4 is 0 Å². The van der Waals surface area contributed by atoms with Crippen LogP contribution in [-0.4, -0.2) is 40.9 Å². The van der Waals surface area contributed by atoms with Crippen LogP contribution in [0.1, 0.15) is 37.7 Å². The second-order valence-corrected chi connectivity index (χ2v) is 6.91. The van der Waals surface area contributed by atoms with Crippen molar-refractivity contribution in [1.29, 1.82) is 0 Å². The van der Waals surface area contributed by atoms with Gasteiger partial charge in [-0.25, -0.2) is 0 Å². The van der Waals surface area contributed by atoms with E-state index in [2.05, 4.69) is 40.1 Å². The molecule has 0 bridgehead atoms. The highest BCUT2D eigenvalue weighted by atomic mass is 16.2. The number of rotatable bonds is 4. The van der Waals surface area contributed by atoms with Crippen LogP contribution in [0.3, 0.4) is 0 Å². The molecule has 2 atom stereocenters. The van der Waals surface area contributed by atoms with Gasteiger partial charge in [0.25, 0.3) is 0 Å². The molecule has 3 heteroatoms. The molecule has 4 rings (SSSR count). The average molecular weight is 284 g/mol. The highest BCUT2D eigenvalue weighted by Crippen LogP contribution is 2.36. The molecule has 2 heterocycles. The summed E-state index contributed by atoms with van der Waals surface area (Å²) in [6.45, 7) is 3.20. The first-order valence-electron chi connectivity index (χ1n) is 8.39. The third-order valence-corrected chi connectivity index (χ3v) is 5.38. The lowest BCUT2D eigenvalue weighted by molar-refractivity contribution is -0.138. The van der Waals surface area contributed by atoms with Crippen molar-refractivity contribution in [2.24, 2.45) is 5.92 Å². The highest BCUT2D eigenvalue weighted by molar-refractivity contribution is 5.77. The summed E-state index contributed by atoms with van der Waals surface area (Å²) < 4.78 is 0. The van der Waals surface area contributed by atoms with Gasteiger partial charge >= 0.3 is 0 Å². The van der Waals surface area contributed by atoms with Gasteiger partial charge in [-0.1, -0.05) is 30.3 Å². The second kappa shape index (κ2) is 5.45. The Morgan fingerprint density at radius 3 is 2.57 bits per heavy atom. The molecule has 2 aliphatic heterocycles. The number of hydrogen-bond acceptors (Lipinski definition) is 2. The number of benzene rings is 1. The lowest BCUT2D eigenvalue weighted by atomic mass is 9.95. The number of amides is 1. The zero-order valence-electron chi connectivity index (χ0n) is 12.6. The predicted octanol–water partition coefficient (Wildman–Crippen LogP) is 2.66. The molecule has 2 saturated heterocycles. The van der Waals surface area contributed by atoms with Crippen molar-refractivity contribution in [3.63, 3.8) is 0 Å². The third kappa shape index (κ3) is 2.71. The molecule has 1 amide bonds. The molecule has 0 spiro atoms. The number of fused-ring (bicyclic) bond motifs is 1. The molecule has 1 aromatic rings. The van der Waals surface area contributed by atoms with E-state index >= 15 is 0 Å². The van der Waals surface area contributed by atoms with Crippen molar-refractivity contribution in [3.05, 3.63) is 35.9 Å². The molecule has 0 N–H and O–H groups in total. The minimum atomic E-state index is 0.407. The van der Waals surface area contributed by atoms with Crippen LogP contribution in [0.25, 0.3) is 0 Å². The first kappa shape index (κ1) is 13.3. The normalized spacial score (nSPS) is 29.7. The fourth-order valence-corrected chi connectivity index (χ4v) is 4.07. The lowest BCUT2D eigenvalue weighted by Crippen LogP contribution is -2.52. The van der Waals surface area contributed by atoms with Crippen molar-refractivity contribution < 1.29 is 4.79 Å². The van der Waals surface area contributed by atoms with E-state index in [-0.39, 0.29) is 0 Å². The first-order valence-corrected chi connectivity index (χ1v) is 8.39. The molecule has 0 radical (unpaired) electrons. The van der Waals surface area contributed by atoms with E-state index in [1.165, 1.54) is 18.4 Å². The van der Waals surface area contributed by atoms with Gasteiger partial charge in [0.2, 0.25) is 5.91 Å². The molecule has 112 valence electrons. The van der Waals surface area contributed by atoms with Crippen LogP contribution in [-0.2, 0) is 11.3 Å². The number of carbonyl (C=O) groups excluding carboxylic acids is 1. The van der Waals surface area contributed by atoms with Gasteiger partial charge in [0.15, 0.2) is 0 Å². The smallest absolute Gasteiger partial charge is 0.222 e. The first-order chi connectivity index (χ1) is 10.3. The summed E-state index contributed by atoms with van der Waals surface area (Å²) >= 11 is 0. The number of carbonyl (C=O) groups is 1. The molecule has 3 nitrogen and oxygen atoms in total. The Bertz CT molecular complexity index is 511. The Kier molecular flexibility index (Phi) is 3.46. The Hall–Kier alpha value is -1.35. The van der Waals surface area contributed by atoms with Gasteiger partial charge in [-0.15, -0.1) is 0 Å². The SMILES string of the molecule is O=C1CC[C@@H]2[C@@H](CCN2Cc2ccccc2)N1CC1CC1. The number of hydrogen-bond donors (Lipinski definition) is 0. The van der Waals surface area contributed by atoms with Crippen molar-refractivity contribution in [2.45, 2.75) is 50.7 Å². The van der Waals surface area contributed by atoms with Crippen LogP contribution >= 0.6 is 0 Å². The van der Waals surface area contributed by atoms with Crippen LogP contribution in [0.4, 0.5) is 0 Å². The van der Waals surface area contributed by atoms with Crippen LogP contribution in [0.15, 0.2) is 30.3 Å². The lowest BCUT2D eigenvalue weighted by Gasteiger charge is -2.40. The molecule has 1 saturated carbocycles. The Morgan fingerprint density at radius 1 is 1.00 bits per heavy atom. The van der Waals surface area contributed by atoms with Crippen LogP contribution in [0, 0.1) is 5.92 Å². The highest BCUT2D eigenvalue weighted by Gasteiger charge is 2.44. The van der Waals surface area contributed by atoms with Gasteiger partial charge in [-0.05, 0) is 37.2 Å². The fraction of sp³-hybridized carbons (Fsp3) is 0.611. The van der Waals surface area contributed by atoms with E-state index < -0.39 is 0 Å². The van der Waals surface area contributed by atoms with Crippen LogP contribution in [0.5, 0.6) is 0 Å². The Morgan fingerprint density at radius 2 is 1.81 bits per heavy atom. The van der Waals surface area contributed by atoms with E-state index in [1.54, 1.807) is 0 Å². The van der Waals surface area contributed by atoms with Gasteiger partial charge < -0.3 is 4.90 Å². The van der Waals surface area contributed by atoms with Crippen molar-refractivity contribution in [2.75, 3.05) is 13.1 Å². The summed E-state index contributed by atoms with van der Waals surface area (Å²) in [5.74, 6) is 1.21. The maximum absolute atomic E-state index is 12.3. The van der Waals surface area contributed by atoms with E-state index in [0.717, 1.165) is 44.8 Å². The summed E-state index contributed by atoms with van der Waals surface area (Å²) in [7, 11) is 0. The molecule has 0 unspecified atom stereocenters. The maximum atomic E-state index is 12.3. The molecule has 21 heavy (non-hydrogen) atoms. The summed E-state index contributed by atoms with van der Waals surface area (Å²) in [6.07, 6.45) is 5.62. The van der Waals surface area contributed by atoms with Gasteiger partial charge in [0.05, 0.1) is 0 Å². The van der Waals surface area contributed by atoms with Crippen molar-refractivity contribution in [3.8, 4) is 0 Å². The maximum Gasteiger partial charge on any atom is 0.222 e. The fourth-order valence-electron chi connectivity index (χ4n) is 4.07. The van der Waals surface area contributed by atoms with Crippen molar-refractivity contribution >= 4 is 5.91 Å². The minimum Gasteiger partial charge on any atom is -0.338 e. The Labute approximate surface area is 126 Å². The van der Waals surface area contributed by atoms with E-state index in [4.69, 9.17) is 0 Å². The number of nitrogens with zero attached hydrogens (tertiary/aromatic N) is 2. The molecular weight excluding hydrogens is 260 g/mol. The second-order valence-electron chi connectivity index (χ2n) is 6.91. The number of likely N-dealkylation sites (tertiary alicyclic amines) is 2. The molecule has 1 aliphatic carbocycles. The summed E-state index contributed by atoms with van der Waals surface area (Å²) in [5.41, 5.74) is 1.39. The van der Waals surface area contributed by atoms with E-state index in [1.807, 2.05) is 0 Å². The standard InChI is InChI=1S/C18H24N2O/c21-18-9-8-16-17(20(18)13-15-6-7-15)10-11-19(16)12-14-4-2-1-3-5-14/h1-5,15-17H,6-13H2/t16-,17-/m1/s1. The third-order valence-electron chi connectivity index (χ3n) is 5.38. The average Bonchev–Trinajstić information content (AvgIpc) is 3.24. The van der Waals surface area contributed by atoms with Gasteiger partial charge in [0, 0.05) is 38.1 Å². The minimum absolute atomic E-state index is 0.407. The molecule has 3 aliphatic rings. The van der Waals surface area contributed by atoms with Gasteiger partial charge in [-0.3, -0.25) is 9.69 Å². The topological polar surface area (TPSA) is 23.6 Å². The number of piperidine rings is 1. The van der Waals surface area contributed by atoms with E-state index in [9.17, 15) is 4.79 Å². The molecular formula is C18H24N2O. The Balaban J connectivity index is 1.46. The zero-order chi connectivity index (χ0) is 14.2. The van der Waals surface area contributed by atoms with Gasteiger partial charge in [-0.2, -0.15) is 0 Å². The van der Waals surface area contributed by atoms with Gasteiger partial charge in [0.1, 0.15) is 0 Å². The molecule has 1 aromatic carbocycles. The predicted molar refractivity (Wildman–Crippen MR) is 82.7 cm³/mol. The van der Waals surface area contributed by atoms with Crippen molar-refractivity contribution in [1.82, 2.24) is 9.80 Å². The molecule has 3 fully saturated rings. The molecule has 0 aromatic heterocycles. The largest absolute Gasteiger partial charge is 0.338 e. The summed E-state index contributed by atoms with van der Waals surface area (Å²) in [4.78, 5) is 17.1. The van der Waals surface area contributed by atoms with E-state index in [0.29, 0.717) is 18.0 Å². The summed E-state index contributed by atoms with van der Waals surface area (Å²) in [6, 6.07) is 11.8. The van der Waals surface area contributed by atoms with Crippen LogP contribution in [0.2, 0.25) is 0 Å². The monoisotopic (exact) mass is 284 g/mol.